The lowest BCUT2D eigenvalue weighted by Gasteiger charge is -2.33. The lowest BCUT2D eigenvalue weighted by molar-refractivity contribution is -0.114. The van der Waals surface area contributed by atoms with Crippen LogP contribution in [-0.4, -0.2) is 12.1 Å². The molecule has 94 valence electrons. The van der Waals surface area contributed by atoms with E-state index in [0.717, 1.165) is 23.0 Å². The van der Waals surface area contributed by atoms with Gasteiger partial charge < -0.3 is 0 Å². The molecule has 0 amide bonds. The van der Waals surface area contributed by atoms with Crippen LogP contribution in [-0.2, 0) is 9.59 Å². The largest absolute Gasteiger partial charge is 0.298 e. The molecule has 0 saturated heterocycles. The first-order valence-electron chi connectivity index (χ1n) is 6.01. The number of allylic oxidation sites excluding steroid dienone is 4. The molecule has 2 heteroatoms. The summed E-state index contributed by atoms with van der Waals surface area (Å²) < 4.78 is 0. The van der Waals surface area contributed by atoms with Gasteiger partial charge in [-0.15, -0.1) is 0 Å². The second-order valence-electron chi connectivity index (χ2n) is 6.71. The van der Waals surface area contributed by atoms with Crippen LogP contribution in [0.4, 0.5) is 0 Å². The molecule has 0 aromatic heterocycles. The Labute approximate surface area is 104 Å². The van der Waals surface area contributed by atoms with E-state index in [0.29, 0.717) is 6.42 Å². The molecule has 0 fully saturated rings. The van der Waals surface area contributed by atoms with Crippen molar-refractivity contribution >= 4 is 12.1 Å². The van der Waals surface area contributed by atoms with Crippen molar-refractivity contribution in [3.05, 3.63) is 22.8 Å². The van der Waals surface area contributed by atoms with E-state index >= 15 is 0 Å². The van der Waals surface area contributed by atoms with Crippen LogP contribution in [0.2, 0.25) is 0 Å². The zero-order valence-electron chi connectivity index (χ0n) is 11.7. The Morgan fingerprint density at radius 2 is 1.59 bits per heavy atom. The van der Waals surface area contributed by atoms with Crippen LogP contribution in [0.25, 0.3) is 0 Å². The van der Waals surface area contributed by atoms with Crippen molar-refractivity contribution < 1.29 is 9.59 Å². The van der Waals surface area contributed by atoms with Gasteiger partial charge in [-0.25, -0.2) is 0 Å². The third-order valence-electron chi connectivity index (χ3n) is 3.10. The van der Waals surface area contributed by atoms with Gasteiger partial charge in [0.05, 0.1) is 0 Å². The van der Waals surface area contributed by atoms with Crippen molar-refractivity contribution in [2.24, 2.45) is 10.8 Å². The monoisotopic (exact) mass is 234 g/mol. The van der Waals surface area contributed by atoms with Gasteiger partial charge in [0.25, 0.3) is 0 Å². The predicted octanol–water partition coefficient (Wildman–Crippen LogP) is 3.47. The molecule has 17 heavy (non-hydrogen) atoms. The van der Waals surface area contributed by atoms with Gasteiger partial charge in [0.1, 0.15) is 6.29 Å². The molecule has 0 atom stereocenters. The third kappa shape index (κ3) is 2.93. The van der Waals surface area contributed by atoms with Crippen LogP contribution in [0.1, 0.15) is 48.0 Å². The number of carbonyl (C=O) groups excluding carboxylic acids is 2. The Hall–Kier alpha value is -1.18. The second-order valence-corrected chi connectivity index (χ2v) is 6.71. The molecule has 1 rings (SSSR count). The molecule has 0 N–H and O–H groups in total. The molecule has 1 aliphatic rings. The van der Waals surface area contributed by atoms with Gasteiger partial charge in [0.15, 0.2) is 5.78 Å². The van der Waals surface area contributed by atoms with Crippen LogP contribution in [0.15, 0.2) is 22.8 Å². The molecule has 0 aromatic carbocycles. The van der Waals surface area contributed by atoms with E-state index < -0.39 is 0 Å². The summed E-state index contributed by atoms with van der Waals surface area (Å²) in [6.45, 7) is 12.2. The highest BCUT2D eigenvalue weighted by molar-refractivity contribution is 6.00. The summed E-state index contributed by atoms with van der Waals surface area (Å²) in [4.78, 5) is 23.2. The Bertz CT molecular complexity index is 409. The maximum Gasteiger partial charge on any atom is 0.160 e. The van der Waals surface area contributed by atoms with Gasteiger partial charge in [0, 0.05) is 12.0 Å². The highest BCUT2D eigenvalue weighted by Gasteiger charge is 2.32. The summed E-state index contributed by atoms with van der Waals surface area (Å²) in [5.74, 6) is 0.102. The standard InChI is InChI=1S/C15H22O2/c1-14(2,3)12-7-10(17)8-13(11(12)9-16)15(4,5)6/h7,9H,8H2,1-6H3. The maximum atomic E-state index is 11.8. The molecule has 0 radical (unpaired) electrons. The van der Waals surface area contributed by atoms with E-state index in [2.05, 4.69) is 0 Å². The normalized spacial score (nSPS) is 18.2. The number of aldehydes is 1. The number of rotatable bonds is 1. The molecule has 0 unspecified atom stereocenters. The summed E-state index contributed by atoms with van der Waals surface area (Å²) in [6.07, 6.45) is 2.92. The average molecular weight is 234 g/mol. The maximum absolute atomic E-state index is 11.8. The minimum Gasteiger partial charge on any atom is -0.298 e. The molecule has 0 aromatic rings. The number of carbonyl (C=O) groups is 2. The highest BCUT2D eigenvalue weighted by atomic mass is 16.1. The van der Waals surface area contributed by atoms with E-state index in [1.807, 2.05) is 41.5 Å². The van der Waals surface area contributed by atoms with Gasteiger partial charge >= 0.3 is 0 Å². The van der Waals surface area contributed by atoms with Crippen molar-refractivity contribution in [1.82, 2.24) is 0 Å². The molecule has 0 aliphatic heterocycles. The SMILES string of the molecule is CC(C)(C)C1=CC(=O)CC(C(C)(C)C)=C1C=O. The van der Waals surface area contributed by atoms with E-state index in [9.17, 15) is 9.59 Å². The van der Waals surface area contributed by atoms with Crippen LogP contribution < -0.4 is 0 Å². The van der Waals surface area contributed by atoms with Crippen molar-refractivity contribution in [2.75, 3.05) is 0 Å². The van der Waals surface area contributed by atoms with Crippen molar-refractivity contribution in [3.8, 4) is 0 Å². The molecular weight excluding hydrogens is 212 g/mol. The first-order chi connectivity index (χ1) is 7.57. The summed E-state index contributed by atoms with van der Waals surface area (Å²) in [5.41, 5.74) is 2.24. The molecule has 0 bridgehead atoms. The van der Waals surface area contributed by atoms with Gasteiger partial charge in [-0.2, -0.15) is 0 Å². The van der Waals surface area contributed by atoms with Gasteiger partial charge in [-0.1, -0.05) is 41.5 Å². The van der Waals surface area contributed by atoms with E-state index in [1.54, 1.807) is 6.08 Å². The smallest absolute Gasteiger partial charge is 0.160 e. The Morgan fingerprint density at radius 1 is 1.06 bits per heavy atom. The lowest BCUT2D eigenvalue weighted by Crippen LogP contribution is -2.25. The first kappa shape index (κ1) is 13.9. The van der Waals surface area contributed by atoms with Crippen LogP contribution in [0, 0.1) is 10.8 Å². The fourth-order valence-electron chi connectivity index (χ4n) is 2.15. The minimum absolute atomic E-state index is 0.102. The summed E-state index contributed by atoms with van der Waals surface area (Å²) >= 11 is 0. The average Bonchev–Trinajstić information content (AvgIpc) is 2.13. The fourth-order valence-corrected chi connectivity index (χ4v) is 2.15. The zero-order valence-corrected chi connectivity index (χ0v) is 11.7. The Morgan fingerprint density at radius 3 is 1.94 bits per heavy atom. The predicted molar refractivity (Wildman–Crippen MR) is 69.7 cm³/mol. The fraction of sp³-hybridized carbons (Fsp3) is 0.600. The topological polar surface area (TPSA) is 34.1 Å². The van der Waals surface area contributed by atoms with Gasteiger partial charge in [-0.05, 0) is 28.1 Å². The zero-order chi connectivity index (χ0) is 13.4. The van der Waals surface area contributed by atoms with E-state index in [4.69, 9.17) is 0 Å². The van der Waals surface area contributed by atoms with Crippen LogP contribution in [0.5, 0.6) is 0 Å². The lowest BCUT2D eigenvalue weighted by atomic mass is 9.71. The first-order valence-corrected chi connectivity index (χ1v) is 6.01. The highest BCUT2D eigenvalue weighted by Crippen LogP contribution is 2.41. The number of hydrogen-bond donors (Lipinski definition) is 0. The van der Waals surface area contributed by atoms with Gasteiger partial charge in [0.2, 0.25) is 0 Å². The van der Waals surface area contributed by atoms with Gasteiger partial charge in [-0.3, -0.25) is 9.59 Å². The number of ketones is 1. The molecule has 2 nitrogen and oxygen atoms in total. The minimum atomic E-state index is -0.178. The van der Waals surface area contributed by atoms with Crippen molar-refractivity contribution in [2.45, 2.75) is 48.0 Å². The van der Waals surface area contributed by atoms with E-state index in [-0.39, 0.29) is 16.6 Å². The quantitative estimate of drug-likeness (QED) is 0.651. The summed E-state index contributed by atoms with van der Waals surface area (Å²) in [6, 6.07) is 0. The molecule has 1 aliphatic carbocycles. The van der Waals surface area contributed by atoms with E-state index in [1.165, 1.54) is 0 Å². The van der Waals surface area contributed by atoms with Crippen molar-refractivity contribution in [1.29, 1.82) is 0 Å². The van der Waals surface area contributed by atoms with Crippen molar-refractivity contribution in [3.63, 3.8) is 0 Å². The Kier molecular flexibility index (Phi) is 3.47. The van der Waals surface area contributed by atoms with Crippen LogP contribution in [0.3, 0.4) is 0 Å². The second kappa shape index (κ2) is 4.25. The third-order valence-corrected chi connectivity index (χ3v) is 3.10. The Balaban J connectivity index is 3.45. The molecule has 0 heterocycles. The number of hydrogen-bond acceptors (Lipinski definition) is 2. The molecule has 0 spiro atoms. The molecule has 0 saturated carbocycles. The summed E-state index contributed by atoms with van der Waals surface area (Å²) in [5, 5.41) is 0. The molecular formula is C15H22O2. The summed E-state index contributed by atoms with van der Waals surface area (Å²) in [7, 11) is 0. The van der Waals surface area contributed by atoms with Crippen LogP contribution >= 0.6 is 0 Å².